The summed E-state index contributed by atoms with van der Waals surface area (Å²) in [5.74, 6) is -0.723. The van der Waals surface area contributed by atoms with E-state index in [4.69, 9.17) is 0 Å². The van der Waals surface area contributed by atoms with E-state index in [0.717, 1.165) is 0 Å². The third-order valence-corrected chi connectivity index (χ3v) is 3.11. The molecule has 5 nitrogen and oxygen atoms in total. The summed E-state index contributed by atoms with van der Waals surface area (Å²) in [7, 11) is 1.63. The molecule has 1 aliphatic rings. The van der Waals surface area contributed by atoms with E-state index in [1.807, 2.05) is 5.32 Å². The van der Waals surface area contributed by atoms with Crippen LogP contribution in [0.5, 0.6) is 0 Å². The van der Waals surface area contributed by atoms with Crippen molar-refractivity contribution >= 4 is 11.8 Å². The normalized spacial score (nSPS) is 19.8. The Morgan fingerprint density at radius 1 is 1.37 bits per heavy atom. The first-order valence-electron chi connectivity index (χ1n) is 5.89. The zero-order chi connectivity index (χ0) is 14.8. The second kappa shape index (κ2) is 5.36. The smallest absolute Gasteiger partial charge is 0.342 e. The van der Waals surface area contributed by atoms with Gasteiger partial charge in [0.2, 0.25) is 11.8 Å². The van der Waals surface area contributed by atoms with Crippen molar-refractivity contribution in [1.29, 1.82) is 0 Å². The van der Waals surface area contributed by atoms with E-state index in [1.54, 1.807) is 20.9 Å². The van der Waals surface area contributed by atoms with Crippen LogP contribution in [0.4, 0.5) is 13.2 Å². The number of amides is 2. The summed E-state index contributed by atoms with van der Waals surface area (Å²) < 4.78 is 35.9. The molecular formula is C11H18F3N3O2. The predicted molar refractivity (Wildman–Crippen MR) is 62.4 cm³/mol. The highest BCUT2D eigenvalue weighted by Crippen LogP contribution is 2.21. The fourth-order valence-corrected chi connectivity index (χ4v) is 2.06. The molecule has 2 amide bonds. The molecule has 0 unspecified atom stereocenters. The number of carbonyl (C=O) groups excluding carboxylic acids is 2. The molecule has 1 N–H and O–H groups in total. The van der Waals surface area contributed by atoms with Crippen molar-refractivity contribution in [2.75, 3.05) is 33.2 Å². The molecule has 0 aromatic heterocycles. The Morgan fingerprint density at radius 3 is 2.47 bits per heavy atom. The first-order valence-corrected chi connectivity index (χ1v) is 5.89. The van der Waals surface area contributed by atoms with Crippen LogP contribution >= 0.6 is 0 Å². The van der Waals surface area contributed by atoms with Crippen molar-refractivity contribution in [3.63, 3.8) is 0 Å². The van der Waals surface area contributed by atoms with E-state index >= 15 is 0 Å². The van der Waals surface area contributed by atoms with Gasteiger partial charge in [-0.15, -0.1) is 0 Å². The van der Waals surface area contributed by atoms with Crippen molar-refractivity contribution in [2.24, 2.45) is 0 Å². The quantitative estimate of drug-likeness (QED) is 0.805. The van der Waals surface area contributed by atoms with Crippen LogP contribution in [-0.4, -0.2) is 66.6 Å². The molecule has 19 heavy (non-hydrogen) atoms. The highest BCUT2D eigenvalue weighted by atomic mass is 19.4. The first kappa shape index (κ1) is 15.7. The number of hydrogen-bond acceptors (Lipinski definition) is 3. The number of nitrogens with zero attached hydrogens (tertiary/aromatic N) is 2. The highest BCUT2D eigenvalue weighted by Gasteiger charge is 2.42. The van der Waals surface area contributed by atoms with Gasteiger partial charge in [-0.25, -0.2) is 0 Å². The largest absolute Gasteiger partial charge is 0.401 e. The van der Waals surface area contributed by atoms with Gasteiger partial charge >= 0.3 is 6.18 Å². The Morgan fingerprint density at radius 2 is 1.95 bits per heavy atom. The fraction of sp³-hybridized carbons (Fsp3) is 0.818. The van der Waals surface area contributed by atoms with Crippen molar-refractivity contribution < 1.29 is 22.8 Å². The highest BCUT2D eigenvalue weighted by molar-refractivity contribution is 5.92. The van der Waals surface area contributed by atoms with Gasteiger partial charge in [-0.1, -0.05) is 0 Å². The minimum atomic E-state index is -4.35. The number of hydrogen-bond donors (Lipinski definition) is 1. The van der Waals surface area contributed by atoms with Gasteiger partial charge in [0.1, 0.15) is 5.54 Å². The van der Waals surface area contributed by atoms with Crippen LogP contribution in [0, 0.1) is 0 Å². The Hall–Kier alpha value is -1.31. The Kier molecular flexibility index (Phi) is 4.44. The van der Waals surface area contributed by atoms with Crippen LogP contribution in [0.3, 0.4) is 0 Å². The molecule has 0 atom stereocenters. The molecule has 0 aliphatic carbocycles. The average molecular weight is 281 g/mol. The van der Waals surface area contributed by atoms with Gasteiger partial charge in [0.25, 0.3) is 0 Å². The molecule has 0 aromatic carbocycles. The van der Waals surface area contributed by atoms with Gasteiger partial charge in [-0.05, 0) is 13.8 Å². The number of rotatable bonds is 3. The molecule has 0 saturated carbocycles. The maximum Gasteiger partial charge on any atom is 0.401 e. The molecule has 1 fully saturated rings. The van der Waals surface area contributed by atoms with Gasteiger partial charge < -0.3 is 15.1 Å². The first-order chi connectivity index (χ1) is 8.55. The van der Waals surface area contributed by atoms with Crippen LogP contribution in [0.25, 0.3) is 0 Å². The van der Waals surface area contributed by atoms with Crippen LogP contribution in [0.15, 0.2) is 0 Å². The second-order valence-corrected chi connectivity index (χ2v) is 5.05. The van der Waals surface area contributed by atoms with Crippen LogP contribution in [0.2, 0.25) is 0 Å². The molecule has 0 aromatic rings. The summed E-state index contributed by atoms with van der Waals surface area (Å²) >= 11 is 0. The molecule has 1 saturated heterocycles. The molecule has 1 aliphatic heterocycles. The van der Waals surface area contributed by atoms with Crippen LogP contribution in [-0.2, 0) is 9.59 Å². The zero-order valence-corrected chi connectivity index (χ0v) is 11.2. The summed E-state index contributed by atoms with van der Waals surface area (Å²) in [4.78, 5) is 26.6. The fourth-order valence-electron chi connectivity index (χ4n) is 2.06. The van der Waals surface area contributed by atoms with Crippen molar-refractivity contribution in [3.8, 4) is 0 Å². The molecule has 0 radical (unpaired) electrons. The van der Waals surface area contributed by atoms with Gasteiger partial charge in [-0.3, -0.25) is 9.59 Å². The third kappa shape index (κ3) is 3.82. The summed E-state index contributed by atoms with van der Waals surface area (Å²) in [5.41, 5.74) is -1.02. The average Bonchev–Trinajstić information content (AvgIpc) is 2.24. The molecule has 0 bridgehead atoms. The predicted octanol–water partition coefficient (Wildman–Crippen LogP) is 0.218. The topological polar surface area (TPSA) is 52.6 Å². The Balaban J connectivity index is 2.59. The molecule has 110 valence electrons. The molecule has 1 heterocycles. The summed E-state index contributed by atoms with van der Waals surface area (Å²) in [6, 6.07) is 0. The van der Waals surface area contributed by atoms with E-state index in [2.05, 4.69) is 0 Å². The SMILES string of the molecule is CN1CCN(C(=O)CNCC(F)(F)F)C(C)(C)C1=O. The standard InChI is InChI=1S/C11H18F3N3O2/c1-10(2)9(19)16(3)4-5-17(10)8(18)6-15-7-11(12,13)14/h15H,4-7H2,1-3H3. The Bertz CT molecular complexity index is 369. The maximum absolute atomic E-state index is 12.0. The number of piperazine rings is 1. The summed E-state index contributed by atoms with van der Waals surface area (Å²) in [6.45, 7) is 2.23. The number of alkyl halides is 3. The third-order valence-electron chi connectivity index (χ3n) is 3.11. The summed E-state index contributed by atoms with van der Waals surface area (Å²) in [6.07, 6.45) is -4.35. The lowest BCUT2D eigenvalue weighted by Crippen LogP contribution is -2.64. The summed E-state index contributed by atoms with van der Waals surface area (Å²) in [5, 5.41) is 2.05. The zero-order valence-electron chi connectivity index (χ0n) is 11.2. The molecular weight excluding hydrogens is 263 g/mol. The van der Waals surface area contributed by atoms with Gasteiger partial charge in [0, 0.05) is 20.1 Å². The second-order valence-electron chi connectivity index (χ2n) is 5.05. The van der Waals surface area contributed by atoms with E-state index in [-0.39, 0.29) is 5.91 Å². The van der Waals surface area contributed by atoms with Crippen molar-refractivity contribution in [3.05, 3.63) is 0 Å². The lowest BCUT2D eigenvalue weighted by Gasteiger charge is -2.44. The molecule has 1 rings (SSSR count). The van der Waals surface area contributed by atoms with E-state index < -0.39 is 30.7 Å². The van der Waals surface area contributed by atoms with E-state index in [0.29, 0.717) is 13.1 Å². The minimum Gasteiger partial charge on any atom is -0.342 e. The van der Waals surface area contributed by atoms with Crippen molar-refractivity contribution in [1.82, 2.24) is 15.1 Å². The number of halogens is 3. The van der Waals surface area contributed by atoms with Gasteiger partial charge in [-0.2, -0.15) is 13.2 Å². The maximum atomic E-state index is 12.0. The van der Waals surface area contributed by atoms with Gasteiger partial charge in [0.15, 0.2) is 0 Å². The monoisotopic (exact) mass is 281 g/mol. The van der Waals surface area contributed by atoms with Gasteiger partial charge in [0.05, 0.1) is 13.1 Å². The Labute approximate surface area is 109 Å². The van der Waals surface area contributed by atoms with E-state index in [1.165, 1.54) is 9.80 Å². The van der Waals surface area contributed by atoms with Crippen LogP contribution < -0.4 is 5.32 Å². The lowest BCUT2D eigenvalue weighted by atomic mass is 9.97. The van der Waals surface area contributed by atoms with Crippen molar-refractivity contribution in [2.45, 2.75) is 25.6 Å². The molecule has 8 heteroatoms. The lowest BCUT2D eigenvalue weighted by molar-refractivity contribution is -0.157. The van der Waals surface area contributed by atoms with Crippen LogP contribution in [0.1, 0.15) is 13.8 Å². The number of nitrogens with one attached hydrogen (secondary N) is 1. The number of likely N-dealkylation sites (N-methyl/N-ethyl adjacent to an activating group) is 1. The number of carbonyl (C=O) groups is 2. The molecule has 0 spiro atoms. The van der Waals surface area contributed by atoms with E-state index in [9.17, 15) is 22.8 Å². The minimum absolute atomic E-state index is 0.220.